The maximum Gasteiger partial charge on any atom is 0.317 e. The van der Waals surface area contributed by atoms with Crippen LogP contribution in [0, 0.1) is 12.3 Å². The van der Waals surface area contributed by atoms with Crippen molar-refractivity contribution in [1.82, 2.24) is 10.2 Å². The van der Waals surface area contributed by atoms with Gasteiger partial charge in [-0.15, -0.1) is 6.42 Å². The number of nitrogens with one attached hydrogen (secondary N) is 1. The molecule has 100 valence electrons. The van der Waals surface area contributed by atoms with Crippen molar-refractivity contribution in [2.75, 3.05) is 20.1 Å². The quantitative estimate of drug-likeness (QED) is 0.780. The summed E-state index contributed by atoms with van der Waals surface area (Å²) in [5.74, 6) is 0.585. The fraction of sp³-hybridized carbons (Fsp3) is 0.286. The van der Waals surface area contributed by atoms with Gasteiger partial charge in [0.1, 0.15) is 0 Å². The lowest BCUT2D eigenvalue weighted by atomic mass is 9.99. The Hall–Kier alpha value is -2.48. The number of carbonyl (C=O) groups is 2. The van der Waals surface area contributed by atoms with Gasteiger partial charge in [0.2, 0.25) is 0 Å². The van der Waals surface area contributed by atoms with Crippen LogP contribution in [-0.2, 0) is 4.79 Å². The van der Waals surface area contributed by atoms with Crippen LogP contribution in [0.5, 0.6) is 0 Å². The minimum Gasteiger partial charge on any atom is -0.481 e. The van der Waals surface area contributed by atoms with Crippen molar-refractivity contribution in [2.24, 2.45) is 0 Å². The first-order valence-corrected chi connectivity index (χ1v) is 5.76. The molecule has 0 spiro atoms. The molecule has 0 saturated carbocycles. The van der Waals surface area contributed by atoms with Gasteiger partial charge in [-0.3, -0.25) is 4.79 Å². The van der Waals surface area contributed by atoms with Gasteiger partial charge in [0.05, 0.1) is 12.5 Å². The topological polar surface area (TPSA) is 69.6 Å². The average Bonchev–Trinajstić information content (AvgIpc) is 2.39. The molecule has 1 unspecified atom stereocenters. The highest BCUT2D eigenvalue weighted by molar-refractivity contribution is 5.79. The number of rotatable bonds is 5. The van der Waals surface area contributed by atoms with E-state index >= 15 is 0 Å². The number of benzene rings is 1. The predicted molar refractivity (Wildman–Crippen MR) is 71.7 cm³/mol. The van der Waals surface area contributed by atoms with E-state index in [1.54, 1.807) is 31.3 Å². The molecule has 0 aromatic heterocycles. The highest BCUT2D eigenvalue weighted by Gasteiger charge is 2.20. The summed E-state index contributed by atoms with van der Waals surface area (Å²) in [5.41, 5.74) is 0.648. The van der Waals surface area contributed by atoms with Gasteiger partial charge in [-0.25, -0.2) is 4.79 Å². The molecule has 0 aliphatic rings. The maximum absolute atomic E-state index is 11.6. The van der Waals surface area contributed by atoms with E-state index in [-0.39, 0.29) is 19.1 Å². The third-order valence-electron chi connectivity index (χ3n) is 2.63. The van der Waals surface area contributed by atoms with E-state index < -0.39 is 11.9 Å². The molecule has 0 fully saturated rings. The van der Waals surface area contributed by atoms with E-state index in [0.717, 1.165) is 0 Å². The third kappa shape index (κ3) is 4.36. The highest BCUT2D eigenvalue weighted by Crippen LogP contribution is 2.14. The van der Waals surface area contributed by atoms with Gasteiger partial charge in [0.15, 0.2) is 0 Å². The summed E-state index contributed by atoms with van der Waals surface area (Å²) in [6.45, 7) is 0.196. The smallest absolute Gasteiger partial charge is 0.317 e. The average molecular weight is 260 g/mol. The number of carboxylic acid groups (broad SMARTS) is 1. The zero-order valence-corrected chi connectivity index (χ0v) is 10.7. The van der Waals surface area contributed by atoms with Crippen molar-refractivity contribution >= 4 is 12.0 Å². The number of carboxylic acids is 1. The number of carbonyl (C=O) groups excluding carboxylic acids is 1. The van der Waals surface area contributed by atoms with Crippen LogP contribution in [0.3, 0.4) is 0 Å². The second-order valence-electron chi connectivity index (χ2n) is 4.05. The van der Waals surface area contributed by atoms with Crippen molar-refractivity contribution < 1.29 is 14.7 Å². The Morgan fingerprint density at radius 3 is 2.58 bits per heavy atom. The van der Waals surface area contributed by atoms with Crippen LogP contribution in [0.15, 0.2) is 30.3 Å². The first-order chi connectivity index (χ1) is 9.06. The predicted octanol–water partition coefficient (Wildman–Crippen LogP) is 1.13. The molecule has 5 heteroatoms. The lowest BCUT2D eigenvalue weighted by Gasteiger charge is -2.18. The van der Waals surface area contributed by atoms with E-state index in [0.29, 0.717) is 5.56 Å². The van der Waals surface area contributed by atoms with Gasteiger partial charge in [-0.05, 0) is 5.56 Å². The van der Waals surface area contributed by atoms with Gasteiger partial charge in [0.25, 0.3) is 0 Å². The third-order valence-corrected chi connectivity index (χ3v) is 2.63. The normalized spacial score (nSPS) is 11.2. The minimum absolute atomic E-state index is 0.0209. The summed E-state index contributed by atoms with van der Waals surface area (Å²) in [5, 5.41) is 11.7. The fourth-order valence-electron chi connectivity index (χ4n) is 1.57. The van der Waals surface area contributed by atoms with Crippen LogP contribution in [-0.4, -0.2) is 42.1 Å². The molecule has 5 nitrogen and oxygen atoms in total. The lowest BCUT2D eigenvalue weighted by Crippen LogP contribution is -2.40. The molecule has 1 rings (SSSR count). The Kier molecular flexibility index (Phi) is 5.42. The summed E-state index contributed by atoms with van der Waals surface area (Å²) >= 11 is 0. The summed E-state index contributed by atoms with van der Waals surface area (Å²) < 4.78 is 0. The molecule has 0 aliphatic carbocycles. The van der Waals surface area contributed by atoms with E-state index in [9.17, 15) is 14.7 Å². The molecule has 0 bridgehead atoms. The van der Waals surface area contributed by atoms with Crippen LogP contribution < -0.4 is 5.32 Å². The minimum atomic E-state index is -0.980. The van der Waals surface area contributed by atoms with Crippen LogP contribution in [0.2, 0.25) is 0 Å². The number of hydrogen-bond acceptors (Lipinski definition) is 2. The molecular formula is C14H16N2O3. The molecule has 1 atom stereocenters. The van der Waals surface area contributed by atoms with E-state index in [2.05, 4.69) is 11.2 Å². The standard InChI is InChI=1S/C14H16N2O3/c1-3-9-16(2)14(19)15-10-12(13(17)18)11-7-5-4-6-8-11/h1,4-8,12H,9-10H2,2H3,(H,15,19)(H,17,18). The maximum atomic E-state index is 11.6. The molecule has 0 radical (unpaired) electrons. The monoisotopic (exact) mass is 260 g/mol. The fourth-order valence-corrected chi connectivity index (χ4v) is 1.57. The molecule has 19 heavy (non-hydrogen) atoms. The van der Waals surface area contributed by atoms with Crippen LogP contribution in [0.1, 0.15) is 11.5 Å². The van der Waals surface area contributed by atoms with Crippen LogP contribution >= 0.6 is 0 Å². The zero-order chi connectivity index (χ0) is 14.3. The van der Waals surface area contributed by atoms with Crippen molar-refractivity contribution in [3.63, 3.8) is 0 Å². The number of aliphatic carboxylic acids is 1. The molecule has 0 heterocycles. The number of hydrogen-bond donors (Lipinski definition) is 2. The molecule has 2 amide bonds. The Balaban J connectivity index is 2.65. The second kappa shape index (κ2) is 7.07. The van der Waals surface area contributed by atoms with Gasteiger partial charge in [-0.1, -0.05) is 36.3 Å². The summed E-state index contributed by atoms with van der Waals surface area (Å²) in [7, 11) is 1.55. The highest BCUT2D eigenvalue weighted by atomic mass is 16.4. The molecule has 0 saturated heterocycles. The summed E-state index contributed by atoms with van der Waals surface area (Å²) in [4.78, 5) is 24.1. The SMILES string of the molecule is C#CCN(C)C(=O)NCC(C(=O)O)c1ccccc1. The van der Waals surface area contributed by atoms with Crippen molar-refractivity contribution in [3.05, 3.63) is 35.9 Å². The van der Waals surface area contributed by atoms with Gasteiger partial charge in [0, 0.05) is 13.6 Å². The van der Waals surface area contributed by atoms with Crippen LogP contribution in [0.25, 0.3) is 0 Å². The first kappa shape index (κ1) is 14.6. The number of urea groups is 1. The van der Waals surface area contributed by atoms with Crippen molar-refractivity contribution in [2.45, 2.75) is 5.92 Å². The molecule has 2 N–H and O–H groups in total. The van der Waals surface area contributed by atoms with E-state index in [1.165, 1.54) is 4.90 Å². The van der Waals surface area contributed by atoms with Gasteiger partial charge in [-0.2, -0.15) is 0 Å². The van der Waals surface area contributed by atoms with E-state index in [4.69, 9.17) is 6.42 Å². The van der Waals surface area contributed by atoms with Crippen molar-refractivity contribution in [1.29, 1.82) is 0 Å². The molecule has 1 aromatic rings. The Bertz CT molecular complexity index is 479. The first-order valence-electron chi connectivity index (χ1n) is 5.76. The molecular weight excluding hydrogens is 244 g/mol. The van der Waals surface area contributed by atoms with Gasteiger partial charge >= 0.3 is 12.0 Å². The number of amides is 2. The van der Waals surface area contributed by atoms with Gasteiger partial charge < -0.3 is 15.3 Å². The Morgan fingerprint density at radius 1 is 1.42 bits per heavy atom. The Labute approximate surface area is 112 Å². The summed E-state index contributed by atoms with van der Waals surface area (Å²) in [6.07, 6.45) is 5.10. The summed E-state index contributed by atoms with van der Waals surface area (Å²) in [6, 6.07) is 8.38. The lowest BCUT2D eigenvalue weighted by molar-refractivity contribution is -0.138. The number of nitrogens with zero attached hydrogens (tertiary/aromatic N) is 1. The number of terminal acetylenes is 1. The van der Waals surface area contributed by atoms with Crippen molar-refractivity contribution in [3.8, 4) is 12.3 Å². The largest absolute Gasteiger partial charge is 0.481 e. The second-order valence-corrected chi connectivity index (χ2v) is 4.05. The molecule has 1 aromatic carbocycles. The van der Waals surface area contributed by atoms with Crippen LogP contribution in [0.4, 0.5) is 4.79 Å². The van der Waals surface area contributed by atoms with E-state index in [1.807, 2.05) is 6.07 Å². The zero-order valence-electron chi connectivity index (χ0n) is 10.7. The molecule has 0 aliphatic heterocycles. The Morgan fingerprint density at radius 2 is 2.05 bits per heavy atom.